The summed E-state index contributed by atoms with van der Waals surface area (Å²) in [6.07, 6.45) is 5.72. The van der Waals surface area contributed by atoms with E-state index in [1.54, 1.807) is 6.08 Å². The molecule has 0 N–H and O–H groups in total. The van der Waals surface area contributed by atoms with Crippen molar-refractivity contribution < 1.29 is 9.22 Å². The molecule has 0 spiro atoms. The lowest BCUT2D eigenvalue weighted by Crippen LogP contribution is -2.56. The van der Waals surface area contributed by atoms with Crippen LogP contribution in [0.1, 0.15) is 39.0 Å². The quantitative estimate of drug-likeness (QED) is 0.725. The molecule has 0 aromatic rings. The van der Waals surface area contributed by atoms with E-state index in [9.17, 15) is 10.1 Å². The molecule has 0 bridgehead atoms. The lowest BCUT2D eigenvalue weighted by atomic mass is 9.58. The highest BCUT2D eigenvalue weighted by Crippen LogP contribution is 2.54. The van der Waals surface area contributed by atoms with Crippen LogP contribution in [0.2, 0.25) is 19.6 Å². The Balaban J connectivity index is 2.47. The molecule has 2 unspecified atom stereocenters. The fraction of sp³-hybridized carbons (Fsp3) is 0.733. The van der Waals surface area contributed by atoms with E-state index < -0.39 is 13.9 Å². The van der Waals surface area contributed by atoms with Gasteiger partial charge >= 0.3 is 0 Å². The fourth-order valence-electron chi connectivity index (χ4n) is 3.46. The summed E-state index contributed by atoms with van der Waals surface area (Å²) in [6.45, 7) is 8.50. The molecule has 1 saturated carbocycles. The van der Waals surface area contributed by atoms with Crippen molar-refractivity contribution in [3.05, 3.63) is 11.6 Å². The molecular weight excluding hydrogens is 254 g/mol. The maximum atomic E-state index is 11.7. The summed E-state index contributed by atoms with van der Waals surface area (Å²) >= 11 is 0. The predicted molar refractivity (Wildman–Crippen MR) is 77.1 cm³/mol. The van der Waals surface area contributed by atoms with Gasteiger partial charge in [-0.05, 0) is 51.4 Å². The van der Waals surface area contributed by atoms with Crippen LogP contribution >= 0.6 is 0 Å². The first-order valence-electron chi connectivity index (χ1n) is 7.08. The van der Waals surface area contributed by atoms with Crippen LogP contribution in [0.4, 0.5) is 0 Å². The number of carbonyl (C=O) groups excluding carboxylic acids is 1. The molecular formula is C15H23NO2Si. The third-order valence-electron chi connectivity index (χ3n) is 4.44. The summed E-state index contributed by atoms with van der Waals surface area (Å²) in [7, 11) is -1.81. The molecule has 2 aliphatic carbocycles. The molecule has 2 aliphatic rings. The Bertz CT molecular complexity index is 472. The van der Waals surface area contributed by atoms with Crippen molar-refractivity contribution in [1.82, 2.24) is 0 Å². The van der Waals surface area contributed by atoms with Crippen LogP contribution in [0.3, 0.4) is 0 Å². The molecule has 1 fully saturated rings. The average molecular weight is 277 g/mol. The smallest absolute Gasteiger partial charge is 0.185 e. The van der Waals surface area contributed by atoms with Crippen LogP contribution in [-0.4, -0.2) is 19.7 Å². The monoisotopic (exact) mass is 277 g/mol. The van der Waals surface area contributed by atoms with Gasteiger partial charge in [0, 0.05) is 11.8 Å². The van der Waals surface area contributed by atoms with Crippen molar-refractivity contribution in [2.75, 3.05) is 0 Å². The first-order chi connectivity index (χ1) is 8.72. The summed E-state index contributed by atoms with van der Waals surface area (Å²) < 4.78 is 6.35. The molecule has 104 valence electrons. The SMILES string of the molecule is CC12CCC(=O)C=C1CCCC2(C#N)O[Si](C)(C)C. The third-order valence-corrected chi connectivity index (χ3v) is 5.40. The lowest BCUT2D eigenvalue weighted by molar-refractivity contribution is -0.117. The summed E-state index contributed by atoms with van der Waals surface area (Å²) in [4.78, 5) is 11.7. The Hall–Kier alpha value is -0.923. The zero-order valence-electron chi connectivity index (χ0n) is 12.4. The minimum Gasteiger partial charge on any atom is -0.399 e. The molecule has 3 nitrogen and oxygen atoms in total. The summed E-state index contributed by atoms with van der Waals surface area (Å²) in [5.41, 5.74) is 0.117. The first-order valence-corrected chi connectivity index (χ1v) is 10.5. The van der Waals surface area contributed by atoms with Crippen molar-refractivity contribution in [2.24, 2.45) is 5.41 Å². The molecule has 19 heavy (non-hydrogen) atoms. The number of hydrogen-bond acceptors (Lipinski definition) is 3. The van der Waals surface area contributed by atoms with Crippen LogP contribution in [0.25, 0.3) is 0 Å². The molecule has 0 radical (unpaired) electrons. The Morgan fingerprint density at radius 3 is 2.58 bits per heavy atom. The van der Waals surface area contributed by atoms with Gasteiger partial charge in [0.1, 0.15) is 0 Å². The van der Waals surface area contributed by atoms with E-state index in [0.717, 1.165) is 31.3 Å². The largest absolute Gasteiger partial charge is 0.399 e. The van der Waals surface area contributed by atoms with Crippen molar-refractivity contribution in [2.45, 2.75) is 64.3 Å². The van der Waals surface area contributed by atoms with E-state index in [1.165, 1.54) is 0 Å². The Morgan fingerprint density at radius 2 is 2.00 bits per heavy atom. The second-order valence-corrected chi connectivity index (χ2v) is 11.4. The lowest BCUT2D eigenvalue weighted by Gasteiger charge is -2.52. The molecule has 0 aromatic heterocycles. The Morgan fingerprint density at radius 1 is 1.32 bits per heavy atom. The number of nitrogens with zero attached hydrogens (tertiary/aromatic N) is 1. The van der Waals surface area contributed by atoms with Crippen molar-refractivity contribution >= 4 is 14.1 Å². The highest BCUT2D eigenvalue weighted by Gasteiger charge is 2.56. The normalized spacial score (nSPS) is 35.3. The summed E-state index contributed by atoms with van der Waals surface area (Å²) in [6, 6.07) is 2.49. The van der Waals surface area contributed by atoms with Gasteiger partial charge in [0.15, 0.2) is 19.7 Å². The molecule has 2 rings (SSSR count). The second kappa shape index (κ2) is 4.57. The zero-order valence-corrected chi connectivity index (χ0v) is 13.4. The van der Waals surface area contributed by atoms with Gasteiger partial charge in [0.25, 0.3) is 0 Å². The molecule has 0 aromatic carbocycles. The van der Waals surface area contributed by atoms with Crippen LogP contribution < -0.4 is 0 Å². The van der Waals surface area contributed by atoms with Gasteiger partial charge in [0.05, 0.1) is 6.07 Å². The Kier molecular flexibility index (Phi) is 3.48. The Labute approximate surface area is 116 Å². The van der Waals surface area contributed by atoms with Gasteiger partial charge < -0.3 is 4.43 Å². The van der Waals surface area contributed by atoms with Gasteiger partial charge in [-0.1, -0.05) is 12.5 Å². The predicted octanol–water partition coefficient (Wildman–Crippen LogP) is 3.58. The standard InChI is InChI=1S/C15H23NO2Si/c1-14-9-7-13(17)10-12(14)6-5-8-15(14,11-16)18-19(2,3)4/h10H,5-9H2,1-4H3. The second-order valence-electron chi connectivity index (χ2n) is 6.97. The maximum absolute atomic E-state index is 11.7. The topological polar surface area (TPSA) is 50.1 Å². The van der Waals surface area contributed by atoms with E-state index >= 15 is 0 Å². The minimum absolute atomic E-state index is 0.203. The van der Waals surface area contributed by atoms with Gasteiger partial charge in [-0.25, -0.2) is 0 Å². The van der Waals surface area contributed by atoms with Crippen LogP contribution in [-0.2, 0) is 9.22 Å². The molecule has 0 saturated heterocycles. The van der Waals surface area contributed by atoms with Crippen molar-refractivity contribution in [3.63, 3.8) is 0 Å². The summed E-state index contributed by atoms with van der Waals surface area (Å²) in [5.74, 6) is 0.203. The highest BCUT2D eigenvalue weighted by molar-refractivity contribution is 6.69. The van der Waals surface area contributed by atoms with Crippen LogP contribution in [0, 0.1) is 16.7 Å². The number of fused-ring (bicyclic) bond motifs is 1. The van der Waals surface area contributed by atoms with Crippen LogP contribution in [0.15, 0.2) is 11.6 Å². The molecule has 2 atom stereocenters. The maximum Gasteiger partial charge on any atom is 0.185 e. The van der Waals surface area contributed by atoms with Crippen LogP contribution in [0.5, 0.6) is 0 Å². The number of rotatable bonds is 2. The highest BCUT2D eigenvalue weighted by atomic mass is 28.4. The van der Waals surface area contributed by atoms with Gasteiger partial charge in [0.2, 0.25) is 0 Å². The average Bonchev–Trinajstić information content (AvgIpc) is 2.30. The van der Waals surface area contributed by atoms with Gasteiger partial charge in [-0.3, -0.25) is 4.79 Å². The number of carbonyl (C=O) groups is 1. The van der Waals surface area contributed by atoms with Crippen molar-refractivity contribution in [1.29, 1.82) is 5.26 Å². The molecule has 0 aliphatic heterocycles. The van der Waals surface area contributed by atoms with E-state index in [-0.39, 0.29) is 11.2 Å². The first kappa shape index (κ1) is 14.5. The van der Waals surface area contributed by atoms with E-state index in [4.69, 9.17) is 4.43 Å². The molecule has 4 heteroatoms. The summed E-state index contributed by atoms with van der Waals surface area (Å²) in [5, 5.41) is 9.81. The van der Waals surface area contributed by atoms with E-state index in [1.807, 2.05) is 0 Å². The zero-order chi connectivity index (χ0) is 14.3. The van der Waals surface area contributed by atoms with E-state index in [2.05, 4.69) is 32.6 Å². The van der Waals surface area contributed by atoms with E-state index in [0.29, 0.717) is 6.42 Å². The number of allylic oxidation sites excluding steroid dienone is 1. The van der Waals surface area contributed by atoms with Gasteiger partial charge in [-0.2, -0.15) is 5.26 Å². The minimum atomic E-state index is -1.81. The molecule has 0 heterocycles. The number of ketones is 1. The van der Waals surface area contributed by atoms with Gasteiger partial charge in [-0.15, -0.1) is 0 Å². The number of nitriles is 1. The van der Waals surface area contributed by atoms with Crippen molar-refractivity contribution in [3.8, 4) is 6.07 Å². The fourth-order valence-corrected chi connectivity index (χ4v) is 4.88. The number of hydrogen-bond donors (Lipinski definition) is 0. The molecule has 0 amide bonds. The third kappa shape index (κ3) is 2.42.